The fourth-order valence-corrected chi connectivity index (χ4v) is 5.02. The largest absolute Gasteiger partial charge is 0.485 e. The van der Waals surface area contributed by atoms with E-state index in [4.69, 9.17) is 9.47 Å². The van der Waals surface area contributed by atoms with E-state index in [0.717, 1.165) is 48.4 Å². The fraction of sp³-hybridized carbons (Fsp3) is 0.419. The highest BCUT2D eigenvalue weighted by Gasteiger charge is 2.25. The first-order valence-corrected chi connectivity index (χ1v) is 13.2. The minimum Gasteiger partial charge on any atom is -0.485 e. The van der Waals surface area contributed by atoms with Crippen molar-refractivity contribution in [3.8, 4) is 22.8 Å². The molecule has 0 amide bonds. The molecule has 1 N–H and O–H groups in total. The van der Waals surface area contributed by atoms with Gasteiger partial charge in [-0.25, -0.2) is 4.98 Å². The number of aliphatic carboxylic acids is 1. The Morgan fingerprint density at radius 1 is 1.14 bits per heavy atom. The van der Waals surface area contributed by atoms with E-state index in [1.807, 2.05) is 24.3 Å². The first-order valence-electron chi connectivity index (χ1n) is 13.2. The summed E-state index contributed by atoms with van der Waals surface area (Å²) in [4.78, 5) is 18.1. The van der Waals surface area contributed by atoms with Gasteiger partial charge in [-0.1, -0.05) is 38.1 Å². The molecule has 1 aliphatic heterocycles. The van der Waals surface area contributed by atoms with Gasteiger partial charge < -0.3 is 14.6 Å². The number of fused-ring (bicyclic) bond motifs is 1. The highest BCUT2D eigenvalue weighted by atomic mass is 16.5. The molecule has 1 aromatic heterocycles. The van der Waals surface area contributed by atoms with Crippen molar-refractivity contribution in [1.29, 1.82) is 0 Å². The average Bonchev–Trinajstić information content (AvgIpc) is 2.91. The van der Waals surface area contributed by atoms with Crippen molar-refractivity contribution in [2.24, 2.45) is 5.92 Å². The Balaban J connectivity index is 1.67. The van der Waals surface area contributed by atoms with Gasteiger partial charge in [0.25, 0.3) is 0 Å². The molecule has 0 aliphatic carbocycles. The molecule has 2 atom stereocenters. The molecule has 2 aromatic carbocycles. The third-order valence-corrected chi connectivity index (χ3v) is 7.32. The number of carbonyl (C=O) groups is 1. The van der Waals surface area contributed by atoms with Gasteiger partial charge in [0, 0.05) is 24.8 Å². The second-order valence-electron chi connectivity index (χ2n) is 10.2. The van der Waals surface area contributed by atoms with Crippen LogP contribution in [0.5, 0.6) is 11.6 Å². The SMILES string of the molecule is CCN(Cc1cc(-c2ccnc(OC)c2)ccc1C1CCc2ccc(C[C@H](C)C(=O)O)cc2O1)C(C)C. The normalized spacial score (nSPS) is 15.8. The van der Waals surface area contributed by atoms with Crippen LogP contribution in [0.25, 0.3) is 11.1 Å². The first kappa shape index (κ1) is 26.7. The van der Waals surface area contributed by atoms with Gasteiger partial charge in [-0.2, -0.15) is 0 Å². The van der Waals surface area contributed by atoms with Crippen molar-refractivity contribution in [2.45, 2.75) is 65.6 Å². The second-order valence-corrected chi connectivity index (χ2v) is 10.2. The predicted octanol–water partition coefficient (Wildman–Crippen LogP) is 6.32. The number of carboxylic acid groups (broad SMARTS) is 1. The maximum atomic E-state index is 11.3. The molecule has 6 nitrogen and oxygen atoms in total. The quantitative estimate of drug-likeness (QED) is 0.350. The Morgan fingerprint density at radius 2 is 1.92 bits per heavy atom. The van der Waals surface area contributed by atoms with Crippen molar-refractivity contribution in [1.82, 2.24) is 9.88 Å². The smallest absolute Gasteiger partial charge is 0.306 e. The molecule has 0 bridgehead atoms. The van der Waals surface area contributed by atoms with Crippen molar-refractivity contribution >= 4 is 5.97 Å². The summed E-state index contributed by atoms with van der Waals surface area (Å²) in [5, 5.41) is 9.32. The van der Waals surface area contributed by atoms with Gasteiger partial charge in [-0.3, -0.25) is 9.69 Å². The number of pyridine rings is 1. The average molecular weight is 503 g/mol. The number of methoxy groups -OCH3 is 1. The van der Waals surface area contributed by atoms with Gasteiger partial charge in [-0.05, 0) is 91.2 Å². The zero-order chi connectivity index (χ0) is 26.5. The second kappa shape index (κ2) is 11.8. The van der Waals surface area contributed by atoms with E-state index in [1.165, 1.54) is 16.7 Å². The number of nitrogens with zero attached hydrogens (tertiary/aromatic N) is 2. The Morgan fingerprint density at radius 3 is 2.62 bits per heavy atom. The van der Waals surface area contributed by atoms with Crippen molar-refractivity contribution in [3.05, 3.63) is 77.0 Å². The van der Waals surface area contributed by atoms with Gasteiger partial charge in [0.2, 0.25) is 5.88 Å². The zero-order valence-corrected chi connectivity index (χ0v) is 22.5. The topological polar surface area (TPSA) is 71.9 Å². The van der Waals surface area contributed by atoms with Crippen LogP contribution in [-0.2, 0) is 24.2 Å². The number of carboxylic acids is 1. The lowest BCUT2D eigenvalue weighted by Gasteiger charge is -2.31. The number of hydrogen-bond donors (Lipinski definition) is 1. The molecule has 3 aromatic rings. The van der Waals surface area contributed by atoms with E-state index in [9.17, 15) is 9.90 Å². The Labute approximate surface area is 220 Å². The molecule has 0 radical (unpaired) electrons. The van der Waals surface area contributed by atoms with Gasteiger partial charge in [0.15, 0.2) is 0 Å². The number of aryl methyl sites for hydroxylation is 1. The Kier molecular flexibility index (Phi) is 8.49. The van der Waals surface area contributed by atoms with Crippen LogP contribution in [0.3, 0.4) is 0 Å². The maximum Gasteiger partial charge on any atom is 0.306 e. The van der Waals surface area contributed by atoms with Crippen LogP contribution in [-0.4, -0.2) is 40.7 Å². The summed E-state index contributed by atoms with van der Waals surface area (Å²) in [6, 6.07) is 17.2. The van der Waals surface area contributed by atoms with Crippen LogP contribution in [0, 0.1) is 5.92 Å². The number of aromatic nitrogens is 1. The van der Waals surface area contributed by atoms with Crippen LogP contribution in [0.1, 0.15) is 62.5 Å². The molecule has 196 valence electrons. The van der Waals surface area contributed by atoms with E-state index in [1.54, 1.807) is 20.2 Å². The van der Waals surface area contributed by atoms with Crippen molar-refractivity contribution in [2.75, 3.05) is 13.7 Å². The highest BCUT2D eigenvalue weighted by Crippen LogP contribution is 2.38. The fourth-order valence-electron chi connectivity index (χ4n) is 5.02. The van der Waals surface area contributed by atoms with E-state index in [2.05, 4.69) is 54.9 Å². The summed E-state index contributed by atoms with van der Waals surface area (Å²) in [6.45, 7) is 10.2. The van der Waals surface area contributed by atoms with Gasteiger partial charge in [0.1, 0.15) is 11.9 Å². The molecule has 1 unspecified atom stereocenters. The summed E-state index contributed by atoms with van der Waals surface area (Å²) >= 11 is 0. The molecule has 0 fully saturated rings. The van der Waals surface area contributed by atoms with E-state index >= 15 is 0 Å². The highest BCUT2D eigenvalue weighted by molar-refractivity contribution is 5.70. The van der Waals surface area contributed by atoms with E-state index in [0.29, 0.717) is 18.3 Å². The lowest BCUT2D eigenvalue weighted by atomic mass is 9.90. The Bertz CT molecular complexity index is 1240. The molecule has 0 saturated heterocycles. The van der Waals surface area contributed by atoms with Crippen LogP contribution in [0.4, 0.5) is 0 Å². The lowest BCUT2D eigenvalue weighted by Crippen LogP contribution is -2.31. The minimum absolute atomic E-state index is 0.0541. The summed E-state index contributed by atoms with van der Waals surface area (Å²) in [6.07, 6.45) is 4.05. The molecule has 6 heteroatoms. The minimum atomic E-state index is -0.779. The monoisotopic (exact) mass is 502 g/mol. The lowest BCUT2D eigenvalue weighted by molar-refractivity contribution is -0.141. The van der Waals surface area contributed by atoms with Crippen molar-refractivity contribution in [3.63, 3.8) is 0 Å². The van der Waals surface area contributed by atoms with Crippen LogP contribution < -0.4 is 9.47 Å². The molecule has 1 aliphatic rings. The van der Waals surface area contributed by atoms with E-state index < -0.39 is 11.9 Å². The summed E-state index contributed by atoms with van der Waals surface area (Å²) in [7, 11) is 1.63. The number of benzene rings is 2. The third kappa shape index (κ3) is 6.31. The molecule has 37 heavy (non-hydrogen) atoms. The summed E-state index contributed by atoms with van der Waals surface area (Å²) in [5.41, 5.74) is 6.84. The Hall–Kier alpha value is -3.38. The molecular formula is C31H38N2O4. The van der Waals surface area contributed by atoms with Gasteiger partial charge in [-0.15, -0.1) is 0 Å². The molecular weight excluding hydrogens is 464 g/mol. The summed E-state index contributed by atoms with van der Waals surface area (Å²) in [5.74, 6) is 0.260. The van der Waals surface area contributed by atoms with Gasteiger partial charge >= 0.3 is 5.97 Å². The maximum absolute atomic E-state index is 11.3. The van der Waals surface area contributed by atoms with Crippen LogP contribution in [0.15, 0.2) is 54.7 Å². The van der Waals surface area contributed by atoms with Crippen LogP contribution >= 0.6 is 0 Å². The zero-order valence-electron chi connectivity index (χ0n) is 22.5. The summed E-state index contributed by atoms with van der Waals surface area (Å²) < 4.78 is 12.0. The number of hydrogen-bond acceptors (Lipinski definition) is 5. The number of ether oxygens (including phenoxy) is 2. The molecule has 4 rings (SSSR count). The standard InChI is InChI=1S/C31H38N2O4/c1-6-33(20(2)3)19-26-17-24(25-13-14-32-30(18-25)36-5)9-11-27(26)28-12-10-23-8-7-22(16-29(23)37-28)15-21(4)31(34)35/h7-9,11,13-14,16-18,20-21,28H,6,10,12,15,19H2,1-5H3,(H,34,35)/t21-,28?/m0/s1. The third-order valence-electron chi connectivity index (χ3n) is 7.32. The number of rotatable bonds is 10. The molecule has 0 saturated carbocycles. The van der Waals surface area contributed by atoms with Crippen LogP contribution in [0.2, 0.25) is 0 Å². The van der Waals surface area contributed by atoms with E-state index in [-0.39, 0.29) is 6.10 Å². The molecule has 0 spiro atoms. The molecule has 2 heterocycles. The predicted molar refractivity (Wildman–Crippen MR) is 146 cm³/mol. The van der Waals surface area contributed by atoms with Gasteiger partial charge in [0.05, 0.1) is 13.0 Å². The van der Waals surface area contributed by atoms with Crippen molar-refractivity contribution < 1.29 is 19.4 Å². The first-order chi connectivity index (χ1) is 17.8.